The Morgan fingerprint density at radius 1 is 1.36 bits per heavy atom. The molecule has 0 saturated heterocycles. The second-order valence-electron chi connectivity index (χ2n) is 3.06. The van der Waals surface area contributed by atoms with Crippen LogP contribution in [-0.4, -0.2) is 9.55 Å². The standard InChI is InChI=1S/C10H10ClN3/c11-9-4-2-1-3-8(9)5-14-6-10(12)13-7-14/h1-4,6-7H,5,12H2. The first-order valence-electron chi connectivity index (χ1n) is 4.26. The van der Waals surface area contributed by atoms with Crippen LogP contribution in [0.2, 0.25) is 5.02 Å². The fourth-order valence-corrected chi connectivity index (χ4v) is 1.48. The van der Waals surface area contributed by atoms with E-state index in [1.807, 2.05) is 28.8 Å². The molecule has 14 heavy (non-hydrogen) atoms. The minimum Gasteiger partial charge on any atom is -0.382 e. The molecular weight excluding hydrogens is 198 g/mol. The summed E-state index contributed by atoms with van der Waals surface area (Å²) in [6.07, 6.45) is 3.47. The second-order valence-corrected chi connectivity index (χ2v) is 3.47. The number of hydrogen-bond acceptors (Lipinski definition) is 2. The SMILES string of the molecule is Nc1cn(Cc2ccccc2Cl)cn1. The summed E-state index contributed by atoms with van der Waals surface area (Å²) >= 11 is 6.02. The molecule has 3 nitrogen and oxygen atoms in total. The van der Waals surface area contributed by atoms with Crippen LogP contribution < -0.4 is 5.73 Å². The molecule has 2 rings (SSSR count). The van der Waals surface area contributed by atoms with E-state index in [0.717, 1.165) is 10.6 Å². The van der Waals surface area contributed by atoms with Crippen molar-refractivity contribution in [3.8, 4) is 0 Å². The number of nitrogen functional groups attached to an aromatic ring is 1. The highest BCUT2D eigenvalue weighted by Gasteiger charge is 2.00. The molecule has 0 amide bonds. The number of anilines is 1. The molecular formula is C10H10ClN3. The topological polar surface area (TPSA) is 43.8 Å². The highest BCUT2D eigenvalue weighted by atomic mass is 35.5. The van der Waals surface area contributed by atoms with Gasteiger partial charge in [-0.05, 0) is 11.6 Å². The molecule has 0 unspecified atom stereocenters. The first-order valence-corrected chi connectivity index (χ1v) is 4.64. The largest absolute Gasteiger partial charge is 0.382 e. The number of rotatable bonds is 2. The predicted octanol–water partition coefficient (Wildman–Crippen LogP) is 2.17. The van der Waals surface area contributed by atoms with Crippen molar-refractivity contribution in [2.75, 3.05) is 5.73 Å². The molecule has 0 bridgehead atoms. The number of nitrogens with two attached hydrogens (primary N) is 1. The number of nitrogens with zero attached hydrogens (tertiary/aromatic N) is 2. The van der Waals surface area contributed by atoms with Gasteiger partial charge in [0.05, 0.1) is 12.9 Å². The van der Waals surface area contributed by atoms with Gasteiger partial charge in [0.2, 0.25) is 0 Å². The van der Waals surface area contributed by atoms with E-state index < -0.39 is 0 Å². The Balaban J connectivity index is 2.23. The Labute approximate surface area is 87.1 Å². The van der Waals surface area contributed by atoms with Gasteiger partial charge in [0.1, 0.15) is 5.82 Å². The average molecular weight is 208 g/mol. The van der Waals surface area contributed by atoms with Crippen LogP contribution in [0.4, 0.5) is 5.82 Å². The molecule has 0 aliphatic rings. The van der Waals surface area contributed by atoms with Crippen molar-refractivity contribution in [3.05, 3.63) is 47.4 Å². The van der Waals surface area contributed by atoms with Crippen molar-refractivity contribution in [2.45, 2.75) is 6.54 Å². The maximum Gasteiger partial charge on any atom is 0.141 e. The quantitative estimate of drug-likeness (QED) is 0.820. The fraction of sp³-hybridized carbons (Fsp3) is 0.100. The Morgan fingerprint density at radius 2 is 2.14 bits per heavy atom. The third kappa shape index (κ3) is 1.88. The van der Waals surface area contributed by atoms with E-state index in [9.17, 15) is 0 Å². The van der Waals surface area contributed by atoms with E-state index in [4.69, 9.17) is 17.3 Å². The van der Waals surface area contributed by atoms with Gasteiger partial charge in [-0.3, -0.25) is 0 Å². The van der Waals surface area contributed by atoms with Crippen LogP contribution in [0.15, 0.2) is 36.8 Å². The maximum absolute atomic E-state index is 6.02. The molecule has 0 fully saturated rings. The van der Waals surface area contributed by atoms with Crippen molar-refractivity contribution in [3.63, 3.8) is 0 Å². The monoisotopic (exact) mass is 207 g/mol. The molecule has 0 radical (unpaired) electrons. The molecule has 1 aromatic heterocycles. The van der Waals surface area contributed by atoms with Gasteiger partial charge in [-0.2, -0.15) is 0 Å². The summed E-state index contributed by atoms with van der Waals surface area (Å²) in [6, 6.07) is 7.73. The maximum atomic E-state index is 6.02. The smallest absolute Gasteiger partial charge is 0.141 e. The molecule has 72 valence electrons. The van der Waals surface area contributed by atoms with Crippen LogP contribution >= 0.6 is 11.6 Å². The molecule has 0 aliphatic heterocycles. The molecule has 1 heterocycles. The Kier molecular flexibility index (Phi) is 2.41. The van der Waals surface area contributed by atoms with E-state index in [1.165, 1.54) is 0 Å². The summed E-state index contributed by atoms with van der Waals surface area (Å²) < 4.78 is 1.90. The van der Waals surface area contributed by atoms with Crippen LogP contribution in [-0.2, 0) is 6.54 Å². The van der Waals surface area contributed by atoms with Crippen molar-refractivity contribution in [2.24, 2.45) is 0 Å². The summed E-state index contributed by atoms with van der Waals surface area (Å²) in [5.41, 5.74) is 6.57. The van der Waals surface area contributed by atoms with Gasteiger partial charge in [-0.1, -0.05) is 29.8 Å². The minimum atomic E-state index is 0.525. The van der Waals surface area contributed by atoms with E-state index in [1.54, 1.807) is 12.5 Å². The van der Waals surface area contributed by atoms with Crippen LogP contribution in [0.5, 0.6) is 0 Å². The zero-order chi connectivity index (χ0) is 9.97. The van der Waals surface area contributed by atoms with Crippen molar-refractivity contribution < 1.29 is 0 Å². The van der Waals surface area contributed by atoms with Crippen LogP contribution in [0.1, 0.15) is 5.56 Å². The van der Waals surface area contributed by atoms with Gasteiger partial charge >= 0.3 is 0 Å². The van der Waals surface area contributed by atoms with Gasteiger partial charge in [0.25, 0.3) is 0 Å². The average Bonchev–Trinajstić information content (AvgIpc) is 2.56. The Morgan fingerprint density at radius 3 is 2.79 bits per heavy atom. The van der Waals surface area contributed by atoms with E-state index in [-0.39, 0.29) is 0 Å². The number of hydrogen-bond donors (Lipinski definition) is 1. The van der Waals surface area contributed by atoms with Crippen LogP contribution in [0.25, 0.3) is 0 Å². The van der Waals surface area contributed by atoms with E-state index in [2.05, 4.69) is 4.98 Å². The lowest BCUT2D eigenvalue weighted by molar-refractivity contribution is 0.798. The summed E-state index contributed by atoms with van der Waals surface area (Å²) in [4.78, 5) is 3.94. The Bertz CT molecular complexity index is 436. The lowest BCUT2D eigenvalue weighted by Gasteiger charge is -2.03. The zero-order valence-corrected chi connectivity index (χ0v) is 8.28. The van der Waals surface area contributed by atoms with Crippen molar-refractivity contribution in [1.82, 2.24) is 9.55 Å². The molecule has 4 heteroatoms. The van der Waals surface area contributed by atoms with Crippen molar-refractivity contribution in [1.29, 1.82) is 0 Å². The number of halogens is 1. The molecule has 0 spiro atoms. The zero-order valence-electron chi connectivity index (χ0n) is 7.52. The first-order chi connectivity index (χ1) is 6.75. The van der Waals surface area contributed by atoms with Gasteiger partial charge in [0.15, 0.2) is 0 Å². The van der Waals surface area contributed by atoms with E-state index in [0.29, 0.717) is 12.4 Å². The normalized spacial score (nSPS) is 10.4. The molecule has 2 aromatic rings. The summed E-state index contributed by atoms with van der Waals surface area (Å²) in [7, 11) is 0. The number of imidazole rings is 1. The van der Waals surface area contributed by atoms with Crippen LogP contribution in [0.3, 0.4) is 0 Å². The van der Waals surface area contributed by atoms with Gasteiger partial charge in [0, 0.05) is 11.2 Å². The third-order valence-corrected chi connectivity index (χ3v) is 2.33. The molecule has 2 N–H and O–H groups in total. The predicted molar refractivity (Wildman–Crippen MR) is 57.2 cm³/mol. The van der Waals surface area contributed by atoms with E-state index >= 15 is 0 Å². The lowest BCUT2D eigenvalue weighted by Crippen LogP contribution is -1.96. The number of benzene rings is 1. The lowest BCUT2D eigenvalue weighted by atomic mass is 10.2. The van der Waals surface area contributed by atoms with Gasteiger partial charge < -0.3 is 10.3 Å². The highest BCUT2D eigenvalue weighted by molar-refractivity contribution is 6.31. The summed E-state index contributed by atoms with van der Waals surface area (Å²) in [6.45, 7) is 0.698. The van der Waals surface area contributed by atoms with Gasteiger partial charge in [-0.25, -0.2) is 4.98 Å². The molecule has 0 saturated carbocycles. The summed E-state index contributed by atoms with van der Waals surface area (Å²) in [5, 5.41) is 0.764. The van der Waals surface area contributed by atoms with Gasteiger partial charge in [-0.15, -0.1) is 0 Å². The molecule has 0 aliphatic carbocycles. The summed E-state index contributed by atoms with van der Waals surface area (Å²) in [5.74, 6) is 0.525. The molecule has 0 atom stereocenters. The number of aromatic nitrogens is 2. The highest BCUT2D eigenvalue weighted by Crippen LogP contribution is 2.16. The molecule has 1 aromatic carbocycles. The van der Waals surface area contributed by atoms with Crippen LogP contribution in [0, 0.1) is 0 Å². The minimum absolute atomic E-state index is 0.525. The third-order valence-electron chi connectivity index (χ3n) is 1.96. The first kappa shape index (κ1) is 9.09. The fourth-order valence-electron chi connectivity index (χ4n) is 1.29. The Hall–Kier alpha value is -1.48. The second kappa shape index (κ2) is 3.72. The van der Waals surface area contributed by atoms with Crippen molar-refractivity contribution >= 4 is 17.4 Å².